The van der Waals surface area contributed by atoms with Gasteiger partial charge in [-0.2, -0.15) is 5.10 Å². The van der Waals surface area contributed by atoms with E-state index in [0.29, 0.717) is 6.10 Å². The van der Waals surface area contributed by atoms with E-state index in [1.54, 1.807) is 0 Å². The normalized spacial score (nSPS) is 24.4. The van der Waals surface area contributed by atoms with Crippen molar-refractivity contribution in [2.24, 2.45) is 0 Å². The van der Waals surface area contributed by atoms with Gasteiger partial charge < -0.3 is 10.1 Å². The predicted octanol–water partition coefficient (Wildman–Crippen LogP) is 1.62. The van der Waals surface area contributed by atoms with Crippen molar-refractivity contribution in [1.29, 1.82) is 0 Å². The van der Waals surface area contributed by atoms with E-state index >= 15 is 0 Å². The van der Waals surface area contributed by atoms with Gasteiger partial charge in [-0.15, -0.1) is 0 Å². The minimum Gasteiger partial charge on any atom is -0.376 e. The van der Waals surface area contributed by atoms with Gasteiger partial charge in [0, 0.05) is 31.0 Å². The molecule has 1 saturated heterocycles. The Morgan fingerprint density at radius 2 is 2.35 bits per heavy atom. The highest BCUT2D eigenvalue weighted by Crippen LogP contribution is 2.20. The van der Waals surface area contributed by atoms with E-state index in [9.17, 15) is 0 Å². The molecule has 1 aromatic heterocycles. The van der Waals surface area contributed by atoms with Gasteiger partial charge in [0.15, 0.2) is 0 Å². The van der Waals surface area contributed by atoms with E-state index < -0.39 is 0 Å². The van der Waals surface area contributed by atoms with Crippen molar-refractivity contribution < 1.29 is 4.74 Å². The molecule has 3 rings (SSSR count). The van der Waals surface area contributed by atoms with Crippen LogP contribution in [0.25, 0.3) is 0 Å². The van der Waals surface area contributed by atoms with Gasteiger partial charge in [0.25, 0.3) is 0 Å². The van der Waals surface area contributed by atoms with E-state index in [2.05, 4.69) is 28.2 Å². The number of aryl methyl sites for hydroxylation is 1. The Morgan fingerprint density at radius 3 is 3.06 bits per heavy atom. The summed E-state index contributed by atoms with van der Waals surface area (Å²) in [6.07, 6.45) is 7.59. The minimum atomic E-state index is 0.374. The van der Waals surface area contributed by atoms with Crippen molar-refractivity contribution in [1.82, 2.24) is 15.1 Å². The van der Waals surface area contributed by atoms with Crippen molar-refractivity contribution >= 4 is 0 Å². The number of hydrogen-bond donors (Lipinski definition) is 1. The maximum absolute atomic E-state index is 5.64. The molecule has 2 aliphatic rings. The Labute approximate surface area is 102 Å². The summed E-state index contributed by atoms with van der Waals surface area (Å²) in [6, 6.07) is 0.760. The molecule has 1 N–H and O–H groups in total. The van der Waals surface area contributed by atoms with Gasteiger partial charge >= 0.3 is 0 Å². The summed E-state index contributed by atoms with van der Waals surface area (Å²) in [5.74, 6) is 0. The van der Waals surface area contributed by atoms with Gasteiger partial charge in [-0.25, -0.2) is 0 Å². The fourth-order valence-electron chi connectivity index (χ4n) is 2.36. The smallest absolute Gasteiger partial charge is 0.0771 e. The third kappa shape index (κ3) is 2.87. The van der Waals surface area contributed by atoms with Gasteiger partial charge in [-0.3, -0.25) is 4.68 Å². The molecule has 0 aromatic carbocycles. The molecular formula is C13H21N3O. The quantitative estimate of drug-likeness (QED) is 0.843. The van der Waals surface area contributed by atoms with Crippen LogP contribution in [0, 0.1) is 6.92 Å². The van der Waals surface area contributed by atoms with E-state index in [-0.39, 0.29) is 0 Å². The fraction of sp³-hybridized carbons (Fsp3) is 0.769. The van der Waals surface area contributed by atoms with Gasteiger partial charge in [-0.05, 0) is 32.6 Å². The standard InChI is InChI=1S/C13H21N3O/c1-10-11(7-14-12-4-5-12)8-16(15-10)9-13-3-2-6-17-13/h8,12-14H,2-7,9H2,1H3. The number of nitrogens with one attached hydrogen (secondary N) is 1. The van der Waals surface area contributed by atoms with Crippen LogP contribution in [0.2, 0.25) is 0 Å². The van der Waals surface area contributed by atoms with Crippen LogP contribution >= 0.6 is 0 Å². The zero-order valence-corrected chi connectivity index (χ0v) is 10.5. The highest BCUT2D eigenvalue weighted by molar-refractivity contribution is 5.15. The summed E-state index contributed by atoms with van der Waals surface area (Å²) in [5.41, 5.74) is 2.48. The molecule has 1 aliphatic carbocycles. The predicted molar refractivity (Wildman–Crippen MR) is 65.8 cm³/mol. The largest absolute Gasteiger partial charge is 0.376 e. The average molecular weight is 235 g/mol. The molecule has 4 heteroatoms. The van der Waals surface area contributed by atoms with Crippen LogP contribution in [0.4, 0.5) is 0 Å². The Balaban J connectivity index is 1.58. The second-order valence-electron chi connectivity index (χ2n) is 5.25. The summed E-state index contributed by atoms with van der Waals surface area (Å²) in [6.45, 7) is 4.88. The summed E-state index contributed by atoms with van der Waals surface area (Å²) >= 11 is 0. The molecule has 94 valence electrons. The lowest BCUT2D eigenvalue weighted by atomic mass is 10.2. The molecule has 1 saturated carbocycles. The van der Waals surface area contributed by atoms with Crippen molar-refractivity contribution in [2.75, 3.05) is 6.61 Å². The number of rotatable bonds is 5. The average Bonchev–Trinajstić information content (AvgIpc) is 2.88. The van der Waals surface area contributed by atoms with Crippen LogP contribution in [-0.2, 0) is 17.8 Å². The van der Waals surface area contributed by atoms with E-state index in [1.165, 1.54) is 31.2 Å². The van der Waals surface area contributed by atoms with Crippen LogP contribution in [0.3, 0.4) is 0 Å². The maximum Gasteiger partial charge on any atom is 0.0771 e. The first-order valence-corrected chi connectivity index (χ1v) is 6.69. The third-order valence-electron chi connectivity index (χ3n) is 3.62. The molecule has 0 bridgehead atoms. The summed E-state index contributed by atoms with van der Waals surface area (Å²) in [4.78, 5) is 0. The summed E-state index contributed by atoms with van der Waals surface area (Å²) in [5, 5.41) is 8.11. The molecule has 4 nitrogen and oxygen atoms in total. The first-order chi connectivity index (χ1) is 8.31. The minimum absolute atomic E-state index is 0.374. The summed E-state index contributed by atoms with van der Waals surface area (Å²) < 4.78 is 7.69. The monoisotopic (exact) mass is 235 g/mol. The van der Waals surface area contributed by atoms with Crippen molar-refractivity contribution in [2.45, 2.75) is 57.8 Å². The highest BCUT2D eigenvalue weighted by atomic mass is 16.5. The van der Waals surface area contributed by atoms with Gasteiger partial charge in [0.1, 0.15) is 0 Å². The second-order valence-corrected chi connectivity index (χ2v) is 5.25. The molecular weight excluding hydrogens is 214 g/mol. The second kappa shape index (κ2) is 4.78. The molecule has 1 aromatic rings. The third-order valence-corrected chi connectivity index (χ3v) is 3.62. The van der Waals surface area contributed by atoms with Crippen molar-refractivity contribution in [3.05, 3.63) is 17.5 Å². The Kier molecular flexibility index (Phi) is 3.16. The van der Waals surface area contributed by atoms with Crippen LogP contribution in [0.1, 0.15) is 36.9 Å². The van der Waals surface area contributed by atoms with Gasteiger partial charge in [0.05, 0.1) is 18.3 Å². The van der Waals surface area contributed by atoms with Crippen LogP contribution < -0.4 is 5.32 Å². The zero-order valence-electron chi connectivity index (χ0n) is 10.5. The molecule has 1 unspecified atom stereocenters. The molecule has 0 radical (unpaired) electrons. The van der Waals surface area contributed by atoms with Gasteiger partial charge in [-0.1, -0.05) is 0 Å². The number of hydrogen-bond acceptors (Lipinski definition) is 3. The van der Waals surface area contributed by atoms with Crippen LogP contribution in [-0.4, -0.2) is 28.5 Å². The SMILES string of the molecule is Cc1nn(CC2CCCO2)cc1CNC1CC1. The lowest BCUT2D eigenvalue weighted by Crippen LogP contribution is -2.16. The number of nitrogens with zero attached hydrogens (tertiary/aromatic N) is 2. The Bertz CT molecular complexity index is 378. The van der Waals surface area contributed by atoms with Crippen molar-refractivity contribution in [3.8, 4) is 0 Å². The molecule has 2 fully saturated rings. The molecule has 2 heterocycles. The highest BCUT2D eigenvalue weighted by Gasteiger charge is 2.21. The Morgan fingerprint density at radius 1 is 1.47 bits per heavy atom. The van der Waals surface area contributed by atoms with E-state index in [4.69, 9.17) is 4.74 Å². The topological polar surface area (TPSA) is 39.1 Å². The molecule has 17 heavy (non-hydrogen) atoms. The molecule has 0 amide bonds. The molecule has 0 spiro atoms. The van der Waals surface area contributed by atoms with Crippen LogP contribution in [0.5, 0.6) is 0 Å². The van der Waals surface area contributed by atoms with Crippen LogP contribution in [0.15, 0.2) is 6.20 Å². The number of aromatic nitrogens is 2. The first-order valence-electron chi connectivity index (χ1n) is 6.69. The zero-order chi connectivity index (χ0) is 11.7. The Hall–Kier alpha value is -0.870. The van der Waals surface area contributed by atoms with Crippen molar-refractivity contribution in [3.63, 3.8) is 0 Å². The molecule has 1 aliphatic heterocycles. The van der Waals surface area contributed by atoms with E-state index in [1.807, 2.05) is 0 Å². The maximum atomic E-state index is 5.64. The summed E-state index contributed by atoms with van der Waals surface area (Å²) in [7, 11) is 0. The first kappa shape index (κ1) is 11.2. The van der Waals surface area contributed by atoms with E-state index in [0.717, 1.165) is 31.4 Å². The van der Waals surface area contributed by atoms with Gasteiger partial charge in [0.2, 0.25) is 0 Å². The lowest BCUT2D eigenvalue weighted by molar-refractivity contribution is 0.0939. The number of ether oxygens (including phenoxy) is 1. The fourth-order valence-corrected chi connectivity index (χ4v) is 2.36. The molecule has 1 atom stereocenters. The lowest BCUT2D eigenvalue weighted by Gasteiger charge is -2.08.